The highest BCUT2D eigenvalue weighted by atomic mass is 14.4. The minimum Gasteiger partial charge on any atom is -0.198 e. The summed E-state index contributed by atoms with van der Waals surface area (Å²) in [5.74, 6) is 0.0271. The van der Waals surface area contributed by atoms with Gasteiger partial charge in [0.15, 0.2) is 0 Å². The van der Waals surface area contributed by atoms with E-state index in [4.69, 9.17) is 21.0 Å². The molecule has 0 saturated heterocycles. The van der Waals surface area contributed by atoms with Crippen molar-refractivity contribution in [2.24, 2.45) is 22.7 Å². The van der Waals surface area contributed by atoms with Gasteiger partial charge in [-0.15, -0.1) is 0 Å². The lowest BCUT2D eigenvalue weighted by molar-refractivity contribution is 0.311. The van der Waals surface area contributed by atoms with Crippen molar-refractivity contribution in [3.8, 4) is 24.3 Å². The standard InChI is InChI=1S/C9H14N2.C7H10N2/c1-8(2,6-10)5-9(3,4)7-11;1-6(4-8)3-7(2)5-9/h5H2,1-4H3;6-7H,3H2,1-2H3. The number of hydrogen-bond donors (Lipinski definition) is 0. The molecule has 0 aliphatic rings. The maximum Gasteiger partial charge on any atom is 0.0684 e. The van der Waals surface area contributed by atoms with Crippen LogP contribution in [0.3, 0.4) is 0 Å². The van der Waals surface area contributed by atoms with Crippen molar-refractivity contribution >= 4 is 0 Å². The Morgan fingerprint density at radius 3 is 1.25 bits per heavy atom. The quantitative estimate of drug-likeness (QED) is 0.767. The van der Waals surface area contributed by atoms with Crippen LogP contribution in [0.2, 0.25) is 0 Å². The molecule has 0 aromatic heterocycles. The first kappa shape index (κ1) is 20.3. The average Bonchev–Trinajstić information content (AvgIpc) is 2.38. The van der Waals surface area contributed by atoms with Crippen LogP contribution in [0.25, 0.3) is 0 Å². The van der Waals surface area contributed by atoms with E-state index >= 15 is 0 Å². The Morgan fingerprint density at radius 1 is 0.750 bits per heavy atom. The normalized spacial score (nSPS) is 13.3. The predicted molar refractivity (Wildman–Crippen MR) is 77.6 cm³/mol. The molecule has 0 fully saturated rings. The van der Waals surface area contributed by atoms with Crippen LogP contribution in [-0.4, -0.2) is 0 Å². The summed E-state index contributed by atoms with van der Waals surface area (Å²) in [6.07, 6.45) is 1.31. The molecule has 0 radical (unpaired) electrons. The molecule has 0 spiro atoms. The SMILES string of the molecule is CC(C#N)CC(C)C#N.CC(C)(C#N)CC(C)(C)C#N. The van der Waals surface area contributed by atoms with Gasteiger partial charge in [-0.05, 0) is 54.4 Å². The summed E-state index contributed by atoms with van der Waals surface area (Å²) >= 11 is 0. The van der Waals surface area contributed by atoms with Crippen LogP contribution >= 0.6 is 0 Å². The maximum absolute atomic E-state index is 8.69. The summed E-state index contributed by atoms with van der Waals surface area (Å²) in [4.78, 5) is 0. The summed E-state index contributed by atoms with van der Waals surface area (Å²) in [6, 6.07) is 8.52. The number of hydrogen-bond acceptors (Lipinski definition) is 4. The van der Waals surface area contributed by atoms with Gasteiger partial charge in [0.05, 0.1) is 35.1 Å². The monoisotopic (exact) mass is 272 g/mol. The summed E-state index contributed by atoms with van der Waals surface area (Å²) in [7, 11) is 0. The number of nitrogens with zero attached hydrogens (tertiary/aromatic N) is 4. The van der Waals surface area contributed by atoms with Gasteiger partial charge in [0, 0.05) is 11.8 Å². The van der Waals surface area contributed by atoms with Crippen LogP contribution < -0.4 is 0 Å². The van der Waals surface area contributed by atoms with Crippen LogP contribution in [-0.2, 0) is 0 Å². The van der Waals surface area contributed by atoms with Crippen molar-refractivity contribution in [2.75, 3.05) is 0 Å². The molecule has 0 aromatic rings. The third-order valence-corrected chi connectivity index (χ3v) is 2.64. The molecule has 0 bridgehead atoms. The zero-order valence-electron chi connectivity index (χ0n) is 13.4. The average molecular weight is 272 g/mol. The van der Waals surface area contributed by atoms with Gasteiger partial charge >= 0.3 is 0 Å². The highest BCUT2D eigenvalue weighted by Crippen LogP contribution is 2.32. The van der Waals surface area contributed by atoms with Crippen molar-refractivity contribution in [3.63, 3.8) is 0 Å². The second-order valence-electron chi connectivity index (χ2n) is 6.46. The molecule has 0 heterocycles. The lowest BCUT2D eigenvalue weighted by Crippen LogP contribution is -2.20. The number of rotatable bonds is 4. The third kappa shape index (κ3) is 11.1. The van der Waals surface area contributed by atoms with Crippen LogP contribution in [0, 0.1) is 68.0 Å². The lowest BCUT2D eigenvalue weighted by Gasteiger charge is -2.23. The second kappa shape index (κ2) is 8.96. The zero-order chi connectivity index (χ0) is 16.4. The molecule has 0 amide bonds. The molecule has 0 aliphatic heterocycles. The Balaban J connectivity index is 0. The molecule has 2 unspecified atom stereocenters. The Bertz CT molecular complexity index is 407. The smallest absolute Gasteiger partial charge is 0.0684 e. The first-order valence-corrected chi connectivity index (χ1v) is 6.65. The van der Waals surface area contributed by atoms with Crippen LogP contribution in [0.4, 0.5) is 0 Å². The minimum absolute atomic E-state index is 0.0136. The summed E-state index contributed by atoms with van der Waals surface area (Å²) in [5, 5.41) is 34.0. The van der Waals surface area contributed by atoms with E-state index in [2.05, 4.69) is 24.3 Å². The van der Waals surface area contributed by atoms with E-state index in [9.17, 15) is 0 Å². The molecule has 0 rings (SSSR count). The summed E-state index contributed by atoms with van der Waals surface area (Å²) in [5.41, 5.74) is -0.779. The molecule has 0 N–H and O–H groups in total. The van der Waals surface area contributed by atoms with Gasteiger partial charge in [-0.3, -0.25) is 0 Å². The van der Waals surface area contributed by atoms with E-state index in [0.29, 0.717) is 12.8 Å². The van der Waals surface area contributed by atoms with Crippen molar-refractivity contribution in [1.29, 1.82) is 21.0 Å². The van der Waals surface area contributed by atoms with E-state index < -0.39 is 0 Å². The molecule has 4 nitrogen and oxygen atoms in total. The third-order valence-electron chi connectivity index (χ3n) is 2.64. The van der Waals surface area contributed by atoms with Gasteiger partial charge in [-0.2, -0.15) is 21.0 Å². The molecule has 0 aromatic carbocycles. The minimum atomic E-state index is -0.390. The Hall–Kier alpha value is -2.04. The summed E-state index contributed by atoms with van der Waals surface area (Å²) in [6.45, 7) is 11.1. The van der Waals surface area contributed by atoms with Crippen LogP contribution in [0.15, 0.2) is 0 Å². The van der Waals surface area contributed by atoms with Gasteiger partial charge in [0.1, 0.15) is 0 Å². The molecule has 108 valence electrons. The van der Waals surface area contributed by atoms with E-state index in [1.165, 1.54) is 0 Å². The Labute approximate surface area is 123 Å². The molecule has 0 saturated carbocycles. The molecule has 0 aliphatic carbocycles. The van der Waals surface area contributed by atoms with Gasteiger partial charge in [-0.1, -0.05) is 0 Å². The topological polar surface area (TPSA) is 95.2 Å². The zero-order valence-corrected chi connectivity index (χ0v) is 13.4. The van der Waals surface area contributed by atoms with Gasteiger partial charge < -0.3 is 0 Å². The first-order chi connectivity index (χ1) is 9.03. The fourth-order valence-corrected chi connectivity index (χ4v) is 1.82. The molecule has 20 heavy (non-hydrogen) atoms. The fourth-order valence-electron chi connectivity index (χ4n) is 1.82. The van der Waals surface area contributed by atoms with Crippen molar-refractivity contribution in [1.82, 2.24) is 0 Å². The van der Waals surface area contributed by atoms with Crippen LogP contribution in [0.5, 0.6) is 0 Å². The molecule has 2 atom stereocenters. The maximum atomic E-state index is 8.69. The molecular formula is C16H24N4. The van der Waals surface area contributed by atoms with Crippen molar-refractivity contribution in [3.05, 3.63) is 0 Å². The highest BCUT2D eigenvalue weighted by Gasteiger charge is 2.28. The van der Waals surface area contributed by atoms with Crippen molar-refractivity contribution < 1.29 is 0 Å². The van der Waals surface area contributed by atoms with E-state index in [-0.39, 0.29) is 22.7 Å². The van der Waals surface area contributed by atoms with Crippen molar-refractivity contribution in [2.45, 2.75) is 54.4 Å². The number of nitriles is 4. The summed E-state index contributed by atoms with van der Waals surface area (Å²) < 4.78 is 0. The van der Waals surface area contributed by atoms with Crippen LogP contribution in [0.1, 0.15) is 54.4 Å². The first-order valence-electron chi connectivity index (χ1n) is 6.65. The van der Waals surface area contributed by atoms with Gasteiger partial charge in [-0.25, -0.2) is 0 Å². The second-order valence-corrected chi connectivity index (χ2v) is 6.46. The fraction of sp³-hybridized carbons (Fsp3) is 0.750. The Morgan fingerprint density at radius 2 is 1.05 bits per heavy atom. The molecule has 4 heteroatoms. The molecular weight excluding hydrogens is 248 g/mol. The van der Waals surface area contributed by atoms with E-state index in [0.717, 1.165) is 0 Å². The van der Waals surface area contributed by atoms with E-state index in [1.54, 1.807) is 0 Å². The lowest BCUT2D eigenvalue weighted by atomic mass is 9.77. The largest absolute Gasteiger partial charge is 0.198 e. The predicted octanol–water partition coefficient (Wildman–Crippen LogP) is 4.17. The highest BCUT2D eigenvalue weighted by molar-refractivity contribution is 5.02. The van der Waals surface area contributed by atoms with E-state index in [1.807, 2.05) is 41.5 Å². The van der Waals surface area contributed by atoms with Gasteiger partial charge in [0.2, 0.25) is 0 Å². The Kier molecular flexibility index (Phi) is 9.08. The van der Waals surface area contributed by atoms with Gasteiger partial charge in [0.25, 0.3) is 0 Å².